The Kier molecular flexibility index (Phi) is 4.32. The van der Waals surface area contributed by atoms with Crippen LogP contribution in [0, 0.1) is 18.6 Å². The van der Waals surface area contributed by atoms with Crippen molar-refractivity contribution < 1.29 is 13.2 Å². The van der Waals surface area contributed by atoms with Crippen LogP contribution in [-0.2, 0) is 26.1 Å². The number of oxazole rings is 1. The molecule has 2 aromatic heterocycles. The lowest BCUT2D eigenvalue weighted by Crippen LogP contribution is -2.30. The van der Waals surface area contributed by atoms with Crippen molar-refractivity contribution in [1.82, 2.24) is 19.7 Å². The molecule has 0 bridgehead atoms. The van der Waals surface area contributed by atoms with Gasteiger partial charge in [0.15, 0.2) is 17.3 Å². The Balaban J connectivity index is 1.62. The topological polar surface area (TPSA) is 47.1 Å². The van der Waals surface area contributed by atoms with Crippen molar-refractivity contribution in [2.75, 3.05) is 6.54 Å². The molecule has 3 aromatic rings. The predicted octanol–water partition coefficient (Wildman–Crippen LogP) is 3.70. The molecule has 0 amide bonds. The van der Waals surface area contributed by atoms with Gasteiger partial charge in [-0.3, -0.25) is 9.58 Å². The summed E-state index contributed by atoms with van der Waals surface area (Å²) in [5, 5.41) is 4.69. The van der Waals surface area contributed by atoms with Gasteiger partial charge in [-0.15, -0.1) is 0 Å². The van der Waals surface area contributed by atoms with Gasteiger partial charge >= 0.3 is 0 Å². The van der Waals surface area contributed by atoms with E-state index in [4.69, 9.17) is 4.42 Å². The Hall–Kier alpha value is -2.54. The van der Waals surface area contributed by atoms with Crippen molar-refractivity contribution in [1.29, 1.82) is 0 Å². The van der Waals surface area contributed by atoms with Gasteiger partial charge in [-0.05, 0) is 31.5 Å². The number of fused-ring (bicyclic) bond motifs is 1. The van der Waals surface area contributed by atoms with Gasteiger partial charge < -0.3 is 4.42 Å². The summed E-state index contributed by atoms with van der Waals surface area (Å²) >= 11 is 0. The number of hydrogen-bond donors (Lipinski definition) is 0. The zero-order valence-electron chi connectivity index (χ0n) is 14.8. The summed E-state index contributed by atoms with van der Waals surface area (Å²) in [4.78, 5) is 6.52. The highest BCUT2D eigenvalue weighted by atomic mass is 19.2. The largest absolute Gasteiger partial charge is 0.440 e. The zero-order chi connectivity index (χ0) is 18.3. The van der Waals surface area contributed by atoms with Crippen LogP contribution in [0.1, 0.15) is 29.5 Å². The SMILES string of the molecule is CCn1nc(-c2ncc(C)o2)c2c1CCN(Cc1ccc(F)c(F)c1)C2. The monoisotopic (exact) mass is 358 g/mol. The minimum Gasteiger partial charge on any atom is -0.440 e. The summed E-state index contributed by atoms with van der Waals surface area (Å²) in [5.41, 5.74) is 3.82. The molecular weight excluding hydrogens is 338 g/mol. The fourth-order valence-electron chi connectivity index (χ4n) is 3.48. The molecule has 26 heavy (non-hydrogen) atoms. The molecule has 1 aromatic carbocycles. The van der Waals surface area contributed by atoms with Gasteiger partial charge in [0.1, 0.15) is 5.76 Å². The highest BCUT2D eigenvalue weighted by molar-refractivity contribution is 5.55. The average Bonchev–Trinajstić information content (AvgIpc) is 3.21. The number of halogens is 2. The number of nitrogens with zero attached hydrogens (tertiary/aromatic N) is 4. The van der Waals surface area contributed by atoms with E-state index in [1.807, 2.05) is 11.6 Å². The molecule has 5 nitrogen and oxygen atoms in total. The van der Waals surface area contributed by atoms with E-state index in [2.05, 4.69) is 21.9 Å². The first-order valence-electron chi connectivity index (χ1n) is 8.72. The van der Waals surface area contributed by atoms with Crippen molar-refractivity contribution in [3.8, 4) is 11.6 Å². The van der Waals surface area contributed by atoms with E-state index in [0.717, 1.165) is 42.1 Å². The summed E-state index contributed by atoms with van der Waals surface area (Å²) in [6.45, 7) is 6.76. The summed E-state index contributed by atoms with van der Waals surface area (Å²) < 4.78 is 34.3. The summed E-state index contributed by atoms with van der Waals surface area (Å²) in [6.07, 6.45) is 2.54. The molecule has 0 saturated carbocycles. The first kappa shape index (κ1) is 16.9. The number of benzene rings is 1. The lowest BCUT2D eigenvalue weighted by molar-refractivity contribution is 0.242. The molecule has 3 heterocycles. The van der Waals surface area contributed by atoms with Crippen LogP contribution in [-0.4, -0.2) is 26.2 Å². The standard InChI is InChI=1S/C19H20F2N4O/c1-3-25-17-6-7-24(10-13-4-5-15(20)16(21)8-13)11-14(17)18(23-25)19-22-9-12(2)26-19/h4-5,8-9H,3,6-7,10-11H2,1-2H3. The fraction of sp³-hybridized carbons (Fsp3) is 0.368. The Labute approximate surface area is 150 Å². The molecule has 0 fully saturated rings. The van der Waals surface area contributed by atoms with Crippen LogP contribution in [0.5, 0.6) is 0 Å². The maximum atomic E-state index is 13.5. The smallest absolute Gasteiger partial charge is 0.247 e. The van der Waals surface area contributed by atoms with Crippen LogP contribution in [0.25, 0.3) is 11.6 Å². The molecule has 1 aliphatic rings. The van der Waals surface area contributed by atoms with E-state index < -0.39 is 11.6 Å². The zero-order valence-corrected chi connectivity index (χ0v) is 14.8. The summed E-state index contributed by atoms with van der Waals surface area (Å²) in [6, 6.07) is 4.07. The van der Waals surface area contributed by atoms with E-state index in [0.29, 0.717) is 19.0 Å². The van der Waals surface area contributed by atoms with Crippen LogP contribution >= 0.6 is 0 Å². The number of aryl methyl sites for hydroxylation is 2. The second-order valence-electron chi connectivity index (χ2n) is 6.57. The molecule has 0 spiro atoms. The molecule has 136 valence electrons. The van der Waals surface area contributed by atoms with E-state index >= 15 is 0 Å². The second-order valence-corrected chi connectivity index (χ2v) is 6.57. The van der Waals surface area contributed by atoms with Crippen molar-refractivity contribution in [2.24, 2.45) is 0 Å². The molecular formula is C19H20F2N4O. The lowest BCUT2D eigenvalue weighted by Gasteiger charge is -2.27. The highest BCUT2D eigenvalue weighted by Crippen LogP contribution is 2.30. The van der Waals surface area contributed by atoms with Gasteiger partial charge in [0.05, 0.1) is 6.20 Å². The third kappa shape index (κ3) is 3.03. The second kappa shape index (κ2) is 6.64. The maximum absolute atomic E-state index is 13.5. The number of hydrogen-bond acceptors (Lipinski definition) is 4. The van der Waals surface area contributed by atoms with Crippen LogP contribution in [0.15, 0.2) is 28.8 Å². The third-order valence-corrected chi connectivity index (χ3v) is 4.73. The van der Waals surface area contributed by atoms with Crippen LogP contribution in [0.2, 0.25) is 0 Å². The first-order valence-corrected chi connectivity index (χ1v) is 8.72. The van der Waals surface area contributed by atoms with Crippen LogP contribution < -0.4 is 0 Å². The van der Waals surface area contributed by atoms with E-state index in [1.165, 1.54) is 17.8 Å². The average molecular weight is 358 g/mol. The Morgan fingerprint density at radius 3 is 2.77 bits per heavy atom. The van der Waals surface area contributed by atoms with Crippen molar-refractivity contribution >= 4 is 0 Å². The van der Waals surface area contributed by atoms with Crippen molar-refractivity contribution in [2.45, 2.75) is 39.9 Å². The van der Waals surface area contributed by atoms with Crippen molar-refractivity contribution in [3.63, 3.8) is 0 Å². The van der Waals surface area contributed by atoms with Crippen molar-refractivity contribution in [3.05, 3.63) is 58.6 Å². The van der Waals surface area contributed by atoms with Gasteiger partial charge in [-0.2, -0.15) is 5.10 Å². The summed E-state index contributed by atoms with van der Waals surface area (Å²) in [5.74, 6) is -0.356. The molecule has 0 N–H and O–H groups in total. The molecule has 0 aliphatic carbocycles. The molecule has 0 radical (unpaired) electrons. The molecule has 0 unspecified atom stereocenters. The normalized spacial score (nSPS) is 14.6. The van der Waals surface area contributed by atoms with Gasteiger partial charge in [-0.1, -0.05) is 6.07 Å². The van der Waals surface area contributed by atoms with Gasteiger partial charge in [0.25, 0.3) is 0 Å². The van der Waals surface area contributed by atoms with Gasteiger partial charge in [-0.25, -0.2) is 13.8 Å². The first-order chi connectivity index (χ1) is 12.5. The lowest BCUT2D eigenvalue weighted by atomic mass is 10.0. The molecule has 7 heteroatoms. The maximum Gasteiger partial charge on any atom is 0.247 e. The minimum absolute atomic E-state index is 0.528. The molecule has 0 atom stereocenters. The Morgan fingerprint density at radius 1 is 1.23 bits per heavy atom. The molecule has 0 saturated heterocycles. The molecule has 1 aliphatic heterocycles. The highest BCUT2D eigenvalue weighted by Gasteiger charge is 2.27. The Bertz CT molecular complexity index is 947. The van der Waals surface area contributed by atoms with E-state index in [-0.39, 0.29) is 0 Å². The van der Waals surface area contributed by atoms with Crippen LogP contribution in [0.4, 0.5) is 8.78 Å². The quantitative estimate of drug-likeness (QED) is 0.713. The van der Waals surface area contributed by atoms with Crippen LogP contribution in [0.3, 0.4) is 0 Å². The van der Waals surface area contributed by atoms with E-state index in [1.54, 1.807) is 12.3 Å². The Morgan fingerprint density at radius 2 is 2.08 bits per heavy atom. The van der Waals surface area contributed by atoms with E-state index in [9.17, 15) is 8.78 Å². The van der Waals surface area contributed by atoms with Gasteiger partial charge in [0, 0.05) is 43.9 Å². The minimum atomic E-state index is -0.819. The molecule has 4 rings (SSSR count). The third-order valence-electron chi connectivity index (χ3n) is 4.73. The predicted molar refractivity (Wildman–Crippen MR) is 92.3 cm³/mol. The number of rotatable bonds is 4. The summed E-state index contributed by atoms with van der Waals surface area (Å²) in [7, 11) is 0. The van der Waals surface area contributed by atoms with Gasteiger partial charge in [0.2, 0.25) is 5.89 Å². The number of aromatic nitrogens is 3. The fourth-order valence-corrected chi connectivity index (χ4v) is 3.48.